The third kappa shape index (κ3) is 2.87. The number of fused-ring (bicyclic) bond motifs is 1. The monoisotopic (exact) mass is 264 g/mol. The number of hydrogen-bond donors (Lipinski definition) is 2. The lowest BCUT2D eigenvalue weighted by molar-refractivity contribution is 0.0912. The van der Waals surface area contributed by atoms with Crippen molar-refractivity contribution < 1.29 is 14.0 Å². The molecule has 0 bridgehead atoms. The molecule has 1 aliphatic rings. The van der Waals surface area contributed by atoms with Crippen LogP contribution in [0.15, 0.2) is 4.42 Å². The average Bonchev–Trinajstić information content (AvgIpc) is 2.64. The minimum atomic E-state index is -0.481. The fourth-order valence-electron chi connectivity index (χ4n) is 2.25. The number of carbonyl (C=O) groups is 2. The van der Waals surface area contributed by atoms with Crippen LogP contribution in [0.4, 0.5) is 0 Å². The molecule has 0 fully saturated rings. The molecule has 2 rings (SSSR count). The van der Waals surface area contributed by atoms with Crippen LogP contribution in [0.5, 0.6) is 0 Å². The summed E-state index contributed by atoms with van der Waals surface area (Å²) >= 11 is 0. The average molecular weight is 264 g/mol. The fraction of sp³-hybridized carbons (Fsp3) is 0.571. The summed E-state index contributed by atoms with van der Waals surface area (Å²) in [4.78, 5) is 23.9. The second kappa shape index (κ2) is 4.81. The van der Waals surface area contributed by atoms with Gasteiger partial charge in [0.2, 0.25) is 0 Å². The van der Waals surface area contributed by atoms with Crippen LogP contribution in [-0.2, 0) is 6.42 Å². The maximum atomic E-state index is 12.1. The Labute approximate surface area is 112 Å². The Morgan fingerprint density at radius 1 is 1.42 bits per heavy atom. The molecular formula is C14H20N2O3. The van der Waals surface area contributed by atoms with Gasteiger partial charge in [0.15, 0.2) is 11.5 Å². The first kappa shape index (κ1) is 13.8. The molecule has 1 aromatic rings. The molecule has 5 heteroatoms. The predicted molar refractivity (Wildman–Crippen MR) is 71.3 cm³/mol. The van der Waals surface area contributed by atoms with E-state index in [2.05, 4.69) is 5.32 Å². The largest absolute Gasteiger partial charge is 0.455 e. The molecule has 19 heavy (non-hydrogen) atoms. The van der Waals surface area contributed by atoms with Crippen molar-refractivity contribution in [2.75, 3.05) is 6.54 Å². The summed E-state index contributed by atoms with van der Waals surface area (Å²) in [5, 5.41) is 2.73. The Bertz CT molecular complexity index is 524. The molecule has 1 amide bonds. The van der Waals surface area contributed by atoms with Gasteiger partial charge in [-0.3, -0.25) is 9.59 Å². The van der Waals surface area contributed by atoms with Gasteiger partial charge in [-0.2, -0.15) is 0 Å². The topological polar surface area (TPSA) is 85.3 Å². The first-order valence-electron chi connectivity index (χ1n) is 6.52. The van der Waals surface area contributed by atoms with E-state index in [0.717, 1.165) is 12.8 Å². The smallest absolute Gasteiger partial charge is 0.287 e. The molecule has 1 aliphatic carbocycles. The summed E-state index contributed by atoms with van der Waals surface area (Å²) in [6.45, 7) is 5.77. The Balaban J connectivity index is 2.22. The summed E-state index contributed by atoms with van der Waals surface area (Å²) in [5.74, 6) is 0.648. The molecular weight excluding hydrogens is 244 g/mol. The third-order valence-electron chi connectivity index (χ3n) is 3.22. The van der Waals surface area contributed by atoms with Gasteiger partial charge in [0.05, 0.1) is 5.56 Å². The number of nitrogens with two attached hydrogens (primary N) is 1. The van der Waals surface area contributed by atoms with E-state index >= 15 is 0 Å². The van der Waals surface area contributed by atoms with Gasteiger partial charge in [0, 0.05) is 30.5 Å². The molecule has 0 saturated heterocycles. The van der Waals surface area contributed by atoms with E-state index in [-0.39, 0.29) is 17.5 Å². The van der Waals surface area contributed by atoms with E-state index < -0.39 is 5.54 Å². The highest BCUT2D eigenvalue weighted by Gasteiger charge is 2.29. The van der Waals surface area contributed by atoms with E-state index in [4.69, 9.17) is 10.2 Å². The summed E-state index contributed by atoms with van der Waals surface area (Å²) in [6, 6.07) is 0. The number of carbonyl (C=O) groups excluding carboxylic acids is 2. The van der Waals surface area contributed by atoms with Gasteiger partial charge < -0.3 is 15.5 Å². The molecule has 1 heterocycles. The summed E-state index contributed by atoms with van der Waals surface area (Å²) in [7, 11) is 0. The third-order valence-corrected chi connectivity index (χ3v) is 3.22. The molecule has 5 nitrogen and oxygen atoms in total. The van der Waals surface area contributed by atoms with Crippen molar-refractivity contribution in [3.8, 4) is 0 Å². The fourth-order valence-corrected chi connectivity index (χ4v) is 2.25. The lowest BCUT2D eigenvalue weighted by Gasteiger charge is -2.18. The van der Waals surface area contributed by atoms with Gasteiger partial charge in [0.25, 0.3) is 5.91 Å². The van der Waals surface area contributed by atoms with E-state index in [1.165, 1.54) is 0 Å². The number of Topliss-reactive ketones (excluding diaryl/α,β-unsaturated/α-hetero) is 1. The highest BCUT2D eigenvalue weighted by molar-refractivity contribution is 6.03. The lowest BCUT2D eigenvalue weighted by atomic mass is 9.94. The number of hydrogen-bond acceptors (Lipinski definition) is 4. The van der Waals surface area contributed by atoms with Crippen LogP contribution < -0.4 is 11.1 Å². The van der Waals surface area contributed by atoms with Crippen molar-refractivity contribution in [1.82, 2.24) is 5.32 Å². The Morgan fingerprint density at radius 3 is 2.68 bits per heavy atom. The van der Waals surface area contributed by atoms with Crippen LogP contribution >= 0.6 is 0 Å². The van der Waals surface area contributed by atoms with Gasteiger partial charge >= 0.3 is 0 Å². The van der Waals surface area contributed by atoms with Crippen molar-refractivity contribution >= 4 is 11.7 Å². The van der Waals surface area contributed by atoms with Crippen LogP contribution in [0.2, 0.25) is 0 Å². The molecule has 0 radical (unpaired) electrons. The molecule has 0 aliphatic heterocycles. The van der Waals surface area contributed by atoms with Crippen molar-refractivity contribution in [2.45, 2.75) is 45.6 Å². The zero-order chi connectivity index (χ0) is 14.2. The van der Waals surface area contributed by atoms with Crippen LogP contribution in [0, 0.1) is 6.92 Å². The zero-order valence-corrected chi connectivity index (χ0v) is 11.6. The van der Waals surface area contributed by atoms with Gasteiger partial charge in [-0.1, -0.05) is 0 Å². The standard InChI is InChI=1S/C14H20N2O3/c1-8-11-9(17)5-4-6-10(11)19-12(8)13(18)16-7-14(2,3)15/h4-7,15H2,1-3H3,(H,16,18). The van der Waals surface area contributed by atoms with Crippen LogP contribution in [-0.4, -0.2) is 23.8 Å². The highest BCUT2D eigenvalue weighted by Crippen LogP contribution is 2.29. The summed E-state index contributed by atoms with van der Waals surface area (Å²) in [5.41, 5.74) is 6.59. The normalized spacial score (nSPS) is 15.3. The Hall–Kier alpha value is -1.62. The van der Waals surface area contributed by atoms with E-state index in [0.29, 0.717) is 29.9 Å². The van der Waals surface area contributed by atoms with Crippen LogP contribution in [0.1, 0.15) is 58.9 Å². The first-order chi connectivity index (χ1) is 8.79. The number of ketones is 1. The number of furan rings is 1. The van der Waals surface area contributed by atoms with Crippen molar-refractivity contribution in [1.29, 1.82) is 0 Å². The summed E-state index contributed by atoms with van der Waals surface area (Å²) < 4.78 is 5.56. The zero-order valence-electron chi connectivity index (χ0n) is 11.6. The second-order valence-corrected chi connectivity index (χ2v) is 5.80. The predicted octanol–water partition coefficient (Wildman–Crippen LogP) is 1.57. The maximum Gasteiger partial charge on any atom is 0.287 e. The van der Waals surface area contributed by atoms with Crippen LogP contribution in [0.3, 0.4) is 0 Å². The Kier molecular flexibility index (Phi) is 3.49. The molecule has 0 saturated carbocycles. The SMILES string of the molecule is Cc1c(C(=O)NCC(C)(C)N)oc2c1C(=O)CCC2. The van der Waals surface area contributed by atoms with Gasteiger partial charge in [-0.05, 0) is 27.2 Å². The molecule has 104 valence electrons. The molecule has 0 atom stereocenters. The number of rotatable bonds is 3. The van der Waals surface area contributed by atoms with Gasteiger partial charge in [0.1, 0.15) is 5.76 Å². The molecule has 0 spiro atoms. The number of amides is 1. The van der Waals surface area contributed by atoms with Gasteiger partial charge in [-0.25, -0.2) is 0 Å². The quantitative estimate of drug-likeness (QED) is 0.867. The lowest BCUT2D eigenvalue weighted by Crippen LogP contribution is -2.45. The minimum Gasteiger partial charge on any atom is -0.455 e. The first-order valence-corrected chi connectivity index (χ1v) is 6.52. The molecule has 0 unspecified atom stereocenters. The van der Waals surface area contributed by atoms with E-state index in [9.17, 15) is 9.59 Å². The maximum absolute atomic E-state index is 12.1. The number of nitrogens with one attached hydrogen (secondary N) is 1. The second-order valence-electron chi connectivity index (χ2n) is 5.80. The van der Waals surface area contributed by atoms with Crippen molar-refractivity contribution in [2.24, 2.45) is 5.73 Å². The molecule has 0 aromatic carbocycles. The van der Waals surface area contributed by atoms with Crippen LogP contribution in [0.25, 0.3) is 0 Å². The Morgan fingerprint density at radius 2 is 2.11 bits per heavy atom. The summed E-state index contributed by atoms with van der Waals surface area (Å²) in [6.07, 6.45) is 2.04. The van der Waals surface area contributed by atoms with E-state index in [1.807, 2.05) is 13.8 Å². The molecule has 1 aromatic heterocycles. The molecule has 3 N–H and O–H groups in total. The van der Waals surface area contributed by atoms with E-state index in [1.54, 1.807) is 6.92 Å². The highest BCUT2D eigenvalue weighted by atomic mass is 16.4. The number of aryl methyl sites for hydroxylation is 1. The van der Waals surface area contributed by atoms with Crippen molar-refractivity contribution in [3.63, 3.8) is 0 Å². The van der Waals surface area contributed by atoms with Gasteiger partial charge in [-0.15, -0.1) is 0 Å². The minimum absolute atomic E-state index is 0.0701. The van der Waals surface area contributed by atoms with Crippen molar-refractivity contribution in [3.05, 3.63) is 22.6 Å².